The van der Waals surface area contributed by atoms with E-state index < -0.39 is 0 Å². The molecule has 5 N–H and O–H groups in total. The molecule has 0 radical (unpaired) electrons. The van der Waals surface area contributed by atoms with Crippen LogP contribution in [0.5, 0.6) is 0 Å². The summed E-state index contributed by atoms with van der Waals surface area (Å²) in [5.74, 6) is 0.251. The third kappa shape index (κ3) is 3.19. The van der Waals surface area contributed by atoms with Gasteiger partial charge in [0.2, 0.25) is 0 Å². The Balaban J connectivity index is 2.17. The molecule has 0 fully saturated rings. The number of anilines is 1. The minimum Gasteiger partial charge on any atom is -0.409 e. The van der Waals surface area contributed by atoms with Crippen molar-refractivity contribution in [1.29, 1.82) is 0 Å². The maximum Gasteiger partial charge on any atom is 0.256 e. The molecule has 0 aliphatic heterocycles. The zero-order valence-electron chi connectivity index (χ0n) is 11.8. The van der Waals surface area contributed by atoms with Gasteiger partial charge < -0.3 is 16.3 Å². The summed E-state index contributed by atoms with van der Waals surface area (Å²) in [6.07, 6.45) is 1.37. The van der Waals surface area contributed by atoms with Gasteiger partial charge in [-0.3, -0.25) is 9.89 Å². The predicted octanol–water partition coefficient (Wildman–Crippen LogP) is 1.88. The van der Waals surface area contributed by atoms with Crippen molar-refractivity contribution in [3.63, 3.8) is 0 Å². The van der Waals surface area contributed by atoms with Crippen molar-refractivity contribution in [2.24, 2.45) is 10.9 Å². The smallest absolute Gasteiger partial charge is 0.256 e. The molecule has 0 spiro atoms. The highest BCUT2D eigenvalue weighted by Gasteiger charge is 2.13. The largest absolute Gasteiger partial charge is 0.409 e. The lowest BCUT2D eigenvalue weighted by Crippen LogP contribution is -2.18. The molecule has 110 valence electrons. The van der Waals surface area contributed by atoms with E-state index in [9.17, 15) is 4.79 Å². The monoisotopic (exact) mass is 287 g/mol. The van der Waals surface area contributed by atoms with E-state index in [1.807, 2.05) is 12.1 Å². The number of hydrogen-bond acceptors (Lipinski definition) is 4. The van der Waals surface area contributed by atoms with Crippen LogP contribution in [-0.2, 0) is 0 Å². The van der Waals surface area contributed by atoms with Gasteiger partial charge in [0.05, 0.1) is 11.8 Å². The maximum atomic E-state index is 12.2. The molecule has 0 saturated carbocycles. The fourth-order valence-electron chi connectivity index (χ4n) is 1.83. The standard InChI is InChI=1S/C14H17N5O2/c1-8(2)9-3-5-10(6-4-9)14(20)17-13-11(7-16-18-13)12(15)19-21/h3-8,21H,1-2H3,(H2,15,19)(H2,16,17,18,20). The van der Waals surface area contributed by atoms with Crippen molar-refractivity contribution < 1.29 is 10.0 Å². The third-order valence-corrected chi connectivity index (χ3v) is 3.10. The minimum atomic E-state index is -0.304. The van der Waals surface area contributed by atoms with Crippen LogP contribution in [0, 0.1) is 0 Å². The Morgan fingerprint density at radius 2 is 2.05 bits per heavy atom. The molecule has 1 heterocycles. The third-order valence-electron chi connectivity index (χ3n) is 3.10. The summed E-state index contributed by atoms with van der Waals surface area (Å²) in [5, 5.41) is 20.6. The number of H-pyrrole nitrogens is 1. The van der Waals surface area contributed by atoms with Gasteiger partial charge in [0.1, 0.15) is 5.82 Å². The second-order valence-electron chi connectivity index (χ2n) is 4.87. The van der Waals surface area contributed by atoms with Crippen LogP contribution in [0.15, 0.2) is 35.6 Å². The minimum absolute atomic E-state index is 0.130. The highest BCUT2D eigenvalue weighted by Crippen LogP contribution is 2.16. The normalized spacial score (nSPS) is 11.7. The number of amidine groups is 1. The van der Waals surface area contributed by atoms with Crippen LogP contribution in [-0.4, -0.2) is 27.1 Å². The van der Waals surface area contributed by atoms with Gasteiger partial charge in [-0.1, -0.05) is 31.1 Å². The van der Waals surface area contributed by atoms with E-state index in [1.54, 1.807) is 12.1 Å². The van der Waals surface area contributed by atoms with Gasteiger partial charge in [-0.2, -0.15) is 5.10 Å². The number of rotatable bonds is 4. The number of nitrogens with one attached hydrogen (secondary N) is 2. The Morgan fingerprint density at radius 1 is 1.38 bits per heavy atom. The summed E-state index contributed by atoms with van der Waals surface area (Å²) < 4.78 is 0. The van der Waals surface area contributed by atoms with Crippen molar-refractivity contribution in [2.45, 2.75) is 19.8 Å². The van der Waals surface area contributed by atoms with E-state index >= 15 is 0 Å². The summed E-state index contributed by atoms with van der Waals surface area (Å²) in [6, 6.07) is 7.34. The number of nitrogens with zero attached hydrogens (tertiary/aromatic N) is 2. The molecule has 0 bridgehead atoms. The van der Waals surface area contributed by atoms with E-state index in [2.05, 4.69) is 34.5 Å². The molecule has 1 aromatic carbocycles. The Bertz CT molecular complexity index is 658. The summed E-state index contributed by atoms with van der Waals surface area (Å²) in [6.45, 7) is 4.17. The molecular formula is C14H17N5O2. The highest BCUT2D eigenvalue weighted by atomic mass is 16.4. The van der Waals surface area contributed by atoms with E-state index in [4.69, 9.17) is 10.9 Å². The second kappa shape index (κ2) is 6.08. The van der Waals surface area contributed by atoms with Crippen LogP contribution in [0.1, 0.15) is 41.3 Å². The van der Waals surface area contributed by atoms with Crippen molar-refractivity contribution >= 4 is 17.6 Å². The molecule has 7 heteroatoms. The molecule has 21 heavy (non-hydrogen) atoms. The van der Waals surface area contributed by atoms with Crippen molar-refractivity contribution in [3.8, 4) is 0 Å². The molecule has 1 aromatic heterocycles. The van der Waals surface area contributed by atoms with Crippen LogP contribution in [0.25, 0.3) is 0 Å². The molecule has 7 nitrogen and oxygen atoms in total. The van der Waals surface area contributed by atoms with Gasteiger partial charge in [0.25, 0.3) is 5.91 Å². The topological polar surface area (TPSA) is 116 Å². The SMILES string of the molecule is CC(C)c1ccc(C(=O)Nc2[nH]ncc2C(N)=NO)cc1. The first kappa shape index (κ1) is 14.6. The number of oxime groups is 1. The molecular weight excluding hydrogens is 270 g/mol. The van der Waals surface area contributed by atoms with E-state index in [1.165, 1.54) is 6.20 Å². The first-order valence-electron chi connectivity index (χ1n) is 6.45. The van der Waals surface area contributed by atoms with Gasteiger partial charge in [0.15, 0.2) is 5.84 Å². The summed E-state index contributed by atoms with van der Waals surface area (Å²) in [5.41, 5.74) is 7.49. The zero-order valence-corrected chi connectivity index (χ0v) is 11.8. The van der Waals surface area contributed by atoms with Crippen molar-refractivity contribution in [1.82, 2.24) is 10.2 Å². The molecule has 1 amide bonds. The van der Waals surface area contributed by atoms with Gasteiger partial charge in [0, 0.05) is 5.56 Å². The first-order chi connectivity index (χ1) is 10.0. The number of aromatic nitrogens is 2. The molecule has 0 aliphatic carbocycles. The number of amides is 1. The molecule has 0 saturated heterocycles. The van der Waals surface area contributed by atoms with Gasteiger partial charge >= 0.3 is 0 Å². The molecule has 0 unspecified atom stereocenters. The number of aromatic amines is 1. The van der Waals surface area contributed by atoms with Crippen LogP contribution < -0.4 is 11.1 Å². The number of carbonyl (C=O) groups excluding carboxylic acids is 1. The molecule has 0 atom stereocenters. The molecule has 0 aliphatic rings. The lowest BCUT2D eigenvalue weighted by molar-refractivity contribution is 0.102. The fraction of sp³-hybridized carbons (Fsp3) is 0.214. The van der Waals surface area contributed by atoms with Crippen molar-refractivity contribution in [3.05, 3.63) is 47.2 Å². The van der Waals surface area contributed by atoms with Gasteiger partial charge in [-0.05, 0) is 23.6 Å². The quantitative estimate of drug-likeness (QED) is 0.297. The van der Waals surface area contributed by atoms with Crippen LogP contribution in [0.2, 0.25) is 0 Å². The first-order valence-corrected chi connectivity index (χ1v) is 6.45. The van der Waals surface area contributed by atoms with Crippen LogP contribution >= 0.6 is 0 Å². The zero-order chi connectivity index (χ0) is 15.4. The highest BCUT2D eigenvalue weighted by molar-refractivity contribution is 6.08. The van der Waals surface area contributed by atoms with Gasteiger partial charge in [-0.25, -0.2) is 0 Å². The Hall–Kier alpha value is -2.83. The number of hydrogen-bond donors (Lipinski definition) is 4. The lowest BCUT2D eigenvalue weighted by Gasteiger charge is -2.08. The molecule has 2 rings (SSSR count). The Kier molecular flexibility index (Phi) is 4.22. The van der Waals surface area contributed by atoms with E-state index in [-0.39, 0.29) is 17.6 Å². The van der Waals surface area contributed by atoms with Crippen molar-refractivity contribution in [2.75, 3.05) is 5.32 Å². The number of carbonyl (C=O) groups is 1. The molecule has 2 aromatic rings. The second-order valence-corrected chi connectivity index (χ2v) is 4.87. The van der Waals surface area contributed by atoms with E-state index in [0.717, 1.165) is 5.56 Å². The number of nitrogens with two attached hydrogens (primary N) is 1. The maximum absolute atomic E-state index is 12.2. The fourth-order valence-corrected chi connectivity index (χ4v) is 1.83. The average Bonchev–Trinajstić information content (AvgIpc) is 2.94. The lowest BCUT2D eigenvalue weighted by atomic mass is 10.0. The van der Waals surface area contributed by atoms with E-state index in [0.29, 0.717) is 17.0 Å². The van der Waals surface area contributed by atoms with Crippen LogP contribution in [0.4, 0.5) is 5.82 Å². The van der Waals surface area contributed by atoms with Crippen LogP contribution in [0.3, 0.4) is 0 Å². The number of benzene rings is 1. The van der Waals surface area contributed by atoms with Gasteiger partial charge in [-0.15, -0.1) is 0 Å². The summed E-state index contributed by atoms with van der Waals surface area (Å²) in [4.78, 5) is 12.2. The Labute approximate surface area is 121 Å². The Morgan fingerprint density at radius 3 is 2.62 bits per heavy atom. The summed E-state index contributed by atoms with van der Waals surface area (Å²) in [7, 11) is 0. The average molecular weight is 287 g/mol. The summed E-state index contributed by atoms with van der Waals surface area (Å²) >= 11 is 0. The predicted molar refractivity (Wildman–Crippen MR) is 79.6 cm³/mol.